The maximum Gasteiger partial charge on any atom is 0.256 e. The molecule has 7 nitrogen and oxygen atoms in total. The van der Waals surface area contributed by atoms with Crippen LogP contribution in [0.3, 0.4) is 0 Å². The molecular weight excluding hydrogens is 456 g/mol. The molecule has 0 bridgehead atoms. The molecule has 2 heterocycles. The Labute approximate surface area is 202 Å². The summed E-state index contributed by atoms with van der Waals surface area (Å²) in [6.45, 7) is 3.32. The van der Waals surface area contributed by atoms with E-state index in [9.17, 15) is 13.6 Å². The Bertz CT molecular complexity index is 1200. The topological polar surface area (TPSA) is 86.9 Å². The number of hydrogen-bond donors (Lipinski definition) is 1. The number of likely N-dealkylation sites (tertiary alicyclic amines) is 1. The molecule has 0 radical (unpaired) electrons. The average Bonchev–Trinajstić information content (AvgIpc) is 2.86. The predicted octanol–water partition coefficient (Wildman–Crippen LogP) is 5.16. The maximum absolute atomic E-state index is 15.0. The van der Waals surface area contributed by atoms with Crippen molar-refractivity contribution in [2.45, 2.75) is 25.7 Å². The molecule has 0 spiro atoms. The molecule has 184 valence electrons. The van der Waals surface area contributed by atoms with Crippen molar-refractivity contribution in [3.05, 3.63) is 71.4 Å². The third kappa shape index (κ3) is 5.45. The van der Waals surface area contributed by atoms with E-state index in [1.165, 1.54) is 37.4 Å². The first-order chi connectivity index (χ1) is 16.9. The Morgan fingerprint density at radius 1 is 1.09 bits per heavy atom. The number of carbonyl (C=O) groups excluding carboxylic acids is 1. The molecule has 3 aromatic rings. The van der Waals surface area contributed by atoms with Gasteiger partial charge in [0, 0.05) is 37.0 Å². The number of ether oxygens (including phenoxy) is 3. The van der Waals surface area contributed by atoms with Gasteiger partial charge in [-0.2, -0.15) is 0 Å². The highest BCUT2D eigenvalue weighted by atomic mass is 19.1. The van der Waals surface area contributed by atoms with Crippen LogP contribution in [0.4, 0.5) is 14.6 Å². The van der Waals surface area contributed by atoms with Gasteiger partial charge in [0.2, 0.25) is 0 Å². The third-order valence-electron chi connectivity index (χ3n) is 5.96. The fourth-order valence-corrected chi connectivity index (χ4v) is 4.18. The zero-order valence-corrected chi connectivity index (χ0v) is 19.6. The average molecular weight is 484 g/mol. The lowest BCUT2D eigenvalue weighted by atomic mass is 9.89. The lowest BCUT2D eigenvalue weighted by Gasteiger charge is -2.33. The molecule has 35 heavy (non-hydrogen) atoms. The van der Waals surface area contributed by atoms with E-state index in [1.54, 1.807) is 17.2 Å². The van der Waals surface area contributed by atoms with Crippen molar-refractivity contribution in [2.24, 2.45) is 0 Å². The van der Waals surface area contributed by atoms with Gasteiger partial charge in [0.1, 0.15) is 29.0 Å². The number of benzene rings is 2. The van der Waals surface area contributed by atoms with Crippen LogP contribution in [0.5, 0.6) is 23.0 Å². The second kappa shape index (κ2) is 10.6. The van der Waals surface area contributed by atoms with Gasteiger partial charge in [-0.15, -0.1) is 0 Å². The van der Waals surface area contributed by atoms with Crippen molar-refractivity contribution in [2.75, 3.05) is 32.5 Å². The molecule has 2 aromatic carbocycles. The molecule has 0 saturated carbocycles. The van der Waals surface area contributed by atoms with Gasteiger partial charge in [-0.05, 0) is 56.0 Å². The lowest BCUT2D eigenvalue weighted by Crippen LogP contribution is -2.38. The SMILES string of the molecule is CCOc1cc(N)ncc1C1CCN(C(=O)c2cc(OC)c(Oc3ccc(F)cc3)cc2F)CC1. The van der Waals surface area contributed by atoms with Crippen LogP contribution in [0.1, 0.15) is 41.6 Å². The first kappa shape index (κ1) is 24.3. The molecule has 0 unspecified atom stereocenters. The van der Waals surface area contributed by atoms with Gasteiger partial charge < -0.3 is 24.8 Å². The molecule has 1 fully saturated rings. The van der Waals surface area contributed by atoms with Crippen molar-refractivity contribution in [3.63, 3.8) is 0 Å². The van der Waals surface area contributed by atoms with Crippen LogP contribution < -0.4 is 19.9 Å². The number of piperidine rings is 1. The van der Waals surface area contributed by atoms with Crippen LogP contribution in [0.15, 0.2) is 48.7 Å². The van der Waals surface area contributed by atoms with E-state index in [0.29, 0.717) is 49.9 Å². The van der Waals surface area contributed by atoms with Crippen molar-refractivity contribution in [1.29, 1.82) is 0 Å². The van der Waals surface area contributed by atoms with Crippen molar-refractivity contribution in [3.8, 4) is 23.0 Å². The monoisotopic (exact) mass is 483 g/mol. The number of methoxy groups -OCH3 is 1. The molecule has 9 heteroatoms. The quantitative estimate of drug-likeness (QED) is 0.500. The fraction of sp³-hybridized carbons (Fsp3) is 0.308. The summed E-state index contributed by atoms with van der Waals surface area (Å²) in [5.74, 6) is 0.285. The summed E-state index contributed by atoms with van der Waals surface area (Å²) in [4.78, 5) is 19.0. The molecule has 0 aliphatic carbocycles. The first-order valence-electron chi connectivity index (χ1n) is 11.4. The van der Waals surface area contributed by atoms with Crippen molar-refractivity contribution >= 4 is 11.7 Å². The summed E-state index contributed by atoms with van der Waals surface area (Å²) >= 11 is 0. The highest BCUT2D eigenvalue weighted by Gasteiger charge is 2.29. The summed E-state index contributed by atoms with van der Waals surface area (Å²) in [6.07, 6.45) is 3.09. The number of nitrogen functional groups attached to an aromatic ring is 1. The third-order valence-corrected chi connectivity index (χ3v) is 5.96. The van der Waals surface area contributed by atoms with E-state index in [4.69, 9.17) is 19.9 Å². The van der Waals surface area contributed by atoms with E-state index < -0.39 is 17.5 Å². The van der Waals surface area contributed by atoms with Crippen LogP contribution in [-0.2, 0) is 0 Å². The Balaban J connectivity index is 1.48. The van der Waals surface area contributed by atoms with Crippen LogP contribution in [0, 0.1) is 11.6 Å². The normalized spacial score (nSPS) is 14.0. The largest absolute Gasteiger partial charge is 0.493 e. The molecule has 1 amide bonds. The number of pyridine rings is 1. The van der Waals surface area contributed by atoms with Crippen molar-refractivity contribution in [1.82, 2.24) is 9.88 Å². The van der Waals surface area contributed by atoms with Gasteiger partial charge in [-0.1, -0.05) is 0 Å². The van der Waals surface area contributed by atoms with Gasteiger partial charge in [0.15, 0.2) is 11.5 Å². The first-order valence-corrected chi connectivity index (χ1v) is 11.4. The predicted molar refractivity (Wildman–Crippen MR) is 127 cm³/mol. The molecule has 4 rings (SSSR count). The molecule has 1 saturated heterocycles. The zero-order valence-electron chi connectivity index (χ0n) is 19.6. The summed E-state index contributed by atoms with van der Waals surface area (Å²) in [5, 5.41) is 0. The molecule has 0 atom stereocenters. The number of carbonyl (C=O) groups is 1. The number of anilines is 1. The van der Waals surface area contributed by atoms with E-state index in [1.807, 2.05) is 6.92 Å². The van der Waals surface area contributed by atoms with Crippen LogP contribution >= 0.6 is 0 Å². The zero-order chi connectivity index (χ0) is 24.9. The molecular formula is C26H27F2N3O4. The van der Waals surface area contributed by atoms with Crippen LogP contribution in [-0.4, -0.2) is 42.6 Å². The smallest absolute Gasteiger partial charge is 0.256 e. The summed E-state index contributed by atoms with van der Waals surface area (Å²) in [5.41, 5.74) is 6.66. The van der Waals surface area contributed by atoms with E-state index in [0.717, 1.165) is 11.6 Å². The van der Waals surface area contributed by atoms with Gasteiger partial charge in [0.05, 0.1) is 19.3 Å². The fourth-order valence-electron chi connectivity index (χ4n) is 4.18. The van der Waals surface area contributed by atoms with E-state index >= 15 is 0 Å². The highest BCUT2D eigenvalue weighted by Crippen LogP contribution is 2.37. The van der Waals surface area contributed by atoms with Gasteiger partial charge >= 0.3 is 0 Å². The number of rotatable bonds is 7. The second-order valence-electron chi connectivity index (χ2n) is 8.19. The van der Waals surface area contributed by atoms with Gasteiger partial charge in [-0.25, -0.2) is 13.8 Å². The number of halogens is 2. The van der Waals surface area contributed by atoms with Crippen LogP contribution in [0.2, 0.25) is 0 Å². The number of amides is 1. The number of aromatic nitrogens is 1. The second-order valence-corrected chi connectivity index (χ2v) is 8.19. The number of hydrogen-bond acceptors (Lipinski definition) is 6. The molecule has 1 aromatic heterocycles. The standard InChI is InChI=1S/C26H27F2N3O4/c1-3-34-22-14-25(29)30-15-20(22)16-8-10-31(11-9-16)26(32)19-12-23(33-2)24(13-21(19)28)35-18-6-4-17(27)5-7-18/h4-7,12-16H,3,8-11H2,1-2H3,(H2,29,30). The minimum Gasteiger partial charge on any atom is -0.493 e. The van der Waals surface area contributed by atoms with Gasteiger partial charge in [-0.3, -0.25) is 4.79 Å². The minimum atomic E-state index is -0.726. The maximum atomic E-state index is 15.0. The minimum absolute atomic E-state index is 0.0890. The Hall–Kier alpha value is -3.88. The van der Waals surface area contributed by atoms with Gasteiger partial charge in [0.25, 0.3) is 5.91 Å². The summed E-state index contributed by atoms with van der Waals surface area (Å²) in [6, 6.07) is 9.46. The lowest BCUT2D eigenvalue weighted by molar-refractivity contribution is 0.0707. The van der Waals surface area contributed by atoms with E-state index in [2.05, 4.69) is 4.98 Å². The Morgan fingerprint density at radius 2 is 1.80 bits per heavy atom. The summed E-state index contributed by atoms with van der Waals surface area (Å²) < 4.78 is 44.8. The summed E-state index contributed by atoms with van der Waals surface area (Å²) in [7, 11) is 1.40. The van der Waals surface area contributed by atoms with E-state index in [-0.39, 0.29) is 23.0 Å². The highest BCUT2D eigenvalue weighted by molar-refractivity contribution is 5.95. The molecule has 1 aliphatic heterocycles. The Morgan fingerprint density at radius 3 is 2.46 bits per heavy atom. The molecule has 2 N–H and O–H groups in total. The molecule has 1 aliphatic rings. The number of nitrogens with zero attached hydrogens (tertiary/aromatic N) is 2. The van der Waals surface area contributed by atoms with Crippen molar-refractivity contribution < 1.29 is 27.8 Å². The number of nitrogens with two attached hydrogens (primary N) is 1. The van der Waals surface area contributed by atoms with Crippen LogP contribution in [0.25, 0.3) is 0 Å². The Kier molecular flexibility index (Phi) is 7.33.